The zero-order chi connectivity index (χ0) is 59.5. The number of hydrogen-bond donors (Lipinski definition) is 6. The Balaban J connectivity index is 0.783. The Morgan fingerprint density at radius 1 is 0.440 bits per heavy atom. The Morgan fingerprint density at radius 3 is 1.06 bits per heavy atom. The van der Waals surface area contributed by atoms with E-state index in [0.29, 0.717) is 77.3 Å². The number of fused-ring (bicyclic) bond motifs is 2. The molecule has 84 heavy (non-hydrogen) atoms. The van der Waals surface area contributed by atoms with E-state index in [2.05, 4.69) is 31.9 Å². The largest absolute Gasteiger partial charge is 0.343 e. The van der Waals surface area contributed by atoms with Crippen LogP contribution < -0.4 is 31.9 Å². The summed E-state index contributed by atoms with van der Waals surface area (Å²) in [7, 11) is 3.34. The second kappa shape index (κ2) is 30.9. The summed E-state index contributed by atoms with van der Waals surface area (Å²) in [4.78, 5) is 119. The van der Waals surface area contributed by atoms with Crippen LogP contribution in [0.2, 0.25) is 0 Å². The normalized spacial score (nSPS) is 21.5. The van der Waals surface area contributed by atoms with Gasteiger partial charge in [-0.15, -0.1) is 0 Å². The molecule has 4 saturated heterocycles. The molecule has 0 radical (unpaired) electrons. The van der Waals surface area contributed by atoms with Gasteiger partial charge in [-0.2, -0.15) is 0 Å². The zero-order valence-electron chi connectivity index (χ0n) is 49.5. The number of likely N-dealkylation sites (N-methyl/N-ethyl adjacent to an activating group) is 2. The molecule has 4 aromatic rings. The van der Waals surface area contributed by atoms with Crippen molar-refractivity contribution in [2.24, 2.45) is 0 Å². The van der Waals surface area contributed by atoms with Crippen molar-refractivity contribution in [2.45, 2.75) is 177 Å². The number of carbonyl (C=O) groups excluding carboxylic acids is 8. The maximum atomic E-state index is 14.6. The molecule has 8 amide bonds. The van der Waals surface area contributed by atoms with Gasteiger partial charge in [-0.3, -0.25) is 38.4 Å². The zero-order valence-corrected chi connectivity index (χ0v) is 49.5. The Labute approximate surface area is 496 Å². The molecule has 8 atom stereocenters. The minimum absolute atomic E-state index is 0.0192. The molecule has 0 aromatic heterocycles. The van der Waals surface area contributed by atoms with Gasteiger partial charge in [0, 0.05) is 51.1 Å². The molecule has 0 aliphatic carbocycles. The quantitative estimate of drug-likeness (QED) is 0.0421. The van der Waals surface area contributed by atoms with E-state index in [1.165, 1.54) is 0 Å². The molecule has 18 nitrogen and oxygen atoms in total. The first-order valence-electron chi connectivity index (χ1n) is 30.7. The SMILES string of the molecule is CN[C@@H](C)C(=O)N[C@H]1CN(C(=O)CCCCCCCCCCC(=O)N2CCC3CC[C@@H](C(=O)NC(c4ccccc4)c4ccccc4)N3C(=O)[C@@H](NC(=O)[C@H](C)NC)C2)CCC2CC[C@@H](C(=O)NC(c3ccccc3)c3ccccc3)N2C1=O. The van der Waals surface area contributed by atoms with Crippen molar-refractivity contribution in [1.82, 2.24) is 51.5 Å². The Kier molecular flexibility index (Phi) is 23.0. The second-order valence-corrected chi connectivity index (χ2v) is 23.2. The van der Waals surface area contributed by atoms with Gasteiger partial charge in [0.2, 0.25) is 47.3 Å². The third-order valence-corrected chi connectivity index (χ3v) is 17.6. The monoisotopic (exact) mass is 1150 g/mol. The first kappa shape index (κ1) is 62.6. The molecule has 4 fully saturated rings. The number of benzene rings is 4. The lowest BCUT2D eigenvalue weighted by atomic mass is 9.98. The van der Waals surface area contributed by atoms with Crippen LogP contribution in [0.15, 0.2) is 121 Å². The number of nitrogens with one attached hydrogen (secondary N) is 6. The molecule has 4 aromatic carbocycles. The molecular weight excluding hydrogens is 1060 g/mol. The topological polar surface area (TPSA) is 222 Å². The van der Waals surface area contributed by atoms with E-state index in [1.54, 1.807) is 47.5 Å². The molecule has 4 aliphatic heterocycles. The minimum Gasteiger partial charge on any atom is -0.343 e. The lowest BCUT2D eigenvalue weighted by molar-refractivity contribution is -0.147. The number of rotatable bonds is 25. The van der Waals surface area contributed by atoms with Crippen LogP contribution in [0.1, 0.15) is 151 Å². The third kappa shape index (κ3) is 16.3. The molecule has 0 spiro atoms. The number of unbranched alkanes of at least 4 members (excludes halogenated alkanes) is 7. The molecule has 4 aliphatic rings. The highest BCUT2D eigenvalue weighted by Gasteiger charge is 2.48. The van der Waals surface area contributed by atoms with Crippen molar-refractivity contribution < 1.29 is 38.4 Å². The lowest BCUT2D eigenvalue weighted by Crippen LogP contribution is -2.62. The Morgan fingerprint density at radius 2 is 0.750 bits per heavy atom. The van der Waals surface area contributed by atoms with Gasteiger partial charge in [-0.1, -0.05) is 160 Å². The molecule has 0 saturated carbocycles. The molecule has 8 rings (SSSR count). The molecule has 6 N–H and O–H groups in total. The molecule has 450 valence electrons. The summed E-state index contributed by atoms with van der Waals surface area (Å²) in [5, 5.41) is 18.2. The maximum absolute atomic E-state index is 14.6. The minimum atomic E-state index is -1.02. The number of amides is 8. The van der Waals surface area contributed by atoms with Gasteiger partial charge in [0.15, 0.2) is 0 Å². The van der Waals surface area contributed by atoms with Crippen LogP contribution in [0.4, 0.5) is 0 Å². The standard InChI is InChI=1S/C66H88N10O8/c1-45(67-3)61(79)69-53-43-73(41-39-51-35-37-55(75(51)65(53)83)63(81)71-59(47-25-15-11-16-26-47)48-27-17-12-18-28-48)57(77)33-23-9-7-5-6-8-10-24-34-58(78)74-42-40-52-36-38-56(76(52)66(84)54(44-74)70-62(80)46(2)68-4)64(82)72-60(49-29-19-13-20-30-49)50-31-21-14-22-32-50/h11-22,25-32,45-46,51-56,59-60,67-68H,5-10,23-24,33-44H2,1-4H3,(H,69,79)(H,70,80)(H,71,81)(H,72,82)/t45-,46-,51?,52?,53-,54-,55-,56-/m0/s1. The average Bonchev–Trinajstić information content (AvgIpc) is 3.08. The van der Waals surface area contributed by atoms with Crippen LogP contribution in [0.5, 0.6) is 0 Å². The predicted molar refractivity (Wildman–Crippen MR) is 323 cm³/mol. The second-order valence-electron chi connectivity index (χ2n) is 23.2. The van der Waals surface area contributed by atoms with Crippen LogP contribution >= 0.6 is 0 Å². The van der Waals surface area contributed by atoms with Crippen LogP contribution in [-0.4, -0.2) is 155 Å². The summed E-state index contributed by atoms with van der Waals surface area (Å²) in [5.41, 5.74) is 3.69. The van der Waals surface area contributed by atoms with Crippen LogP contribution in [0.3, 0.4) is 0 Å². The smallest absolute Gasteiger partial charge is 0.247 e. The van der Waals surface area contributed by atoms with Crippen LogP contribution in [-0.2, 0) is 38.4 Å². The molecular formula is C66H88N10O8. The highest BCUT2D eigenvalue weighted by Crippen LogP contribution is 2.34. The van der Waals surface area contributed by atoms with Crippen molar-refractivity contribution in [3.8, 4) is 0 Å². The maximum Gasteiger partial charge on any atom is 0.247 e. The summed E-state index contributed by atoms with van der Waals surface area (Å²) >= 11 is 0. The molecule has 2 unspecified atom stereocenters. The highest BCUT2D eigenvalue weighted by atomic mass is 16.2. The van der Waals surface area contributed by atoms with Gasteiger partial charge in [-0.25, -0.2) is 0 Å². The van der Waals surface area contributed by atoms with E-state index >= 15 is 0 Å². The van der Waals surface area contributed by atoms with Gasteiger partial charge in [0.25, 0.3) is 0 Å². The van der Waals surface area contributed by atoms with Gasteiger partial charge in [0.05, 0.1) is 24.2 Å². The van der Waals surface area contributed by atoms with E-state index in [0.717, 1.165) is 60.8 Å². The Hall–Kier alpha value is -7.44. The van der Waals surface area contributed by atoms with E-state index in [1.807, 2.05) is 121 Å². The Bertz CT molecular complexity index is 2560. The molecule has 18 heteroatoms. The summed E-state index contributed by atoms with van der Waals surface area (Å²) in [6.45, 7) is 4.27. The average molecular weight is 1150 g/mol. The van der Waals surface area contributed by atoms with E-state index < -0.39 is 48.3 Å². The lowest BCUT2D eigenvalue weighted by Gasteiger charge is -2.39. The summed E-state index contributed by atoms with van der Waals surface area (Å²) in [6.07, 6.45) is 10.8. The summed E-state index contributed by atoms with van der Waals surface area (Å²) in [5.74, 6) is -2.07. The van der Waals surface area contributed by atoms with E-state index in [4.69, 9.17) is 0 Å². The van der Waals surface area contributed by atoms with Crippen molar-refractivity contribution in [2.75, 3.05) is 40.3 Å². The summed E-state index contributed by atoms with van der Waals surface area (Å²) < 4.78 is 0. The van der Waals surface area contributed by atoms with Crippen LogP contribution in [0.25, 0.3) is 0 Å². The fourth-order valence-corrected chi connectivity index (χ4v) is 12.5. The number of nitrogens with zero attached hydrogens (tertiary/aromatic N) is 4. The van der Waals surface area contributed by atoms with E-state index in [9.17, 15) is 38.4 Å². The van der Waals surface area contributed by atoms with Crippen molar-refractivity contribution in [3.05, 3.63) is 144 Å². The van der Waals surface area contributed by atoms with Crippen LogP contribution in [0, 0.1) is 0 Å². The van der Waals surface area contributed by atoms with Gasteiger partial charge in [0.1, 0.15) is 24.2 Å². The predicted octanol–water partition coefficient (Wildman–Crippen LogP) is 6.07. The molecule has 0 bridgehead atoms. The fourth-order valence-electron chi connectivity index (χ4n) is 12.5. The first-order valence-corrected chi connectivity index (χ1v) is 30.7. The van der Waals surface area contributed by atoms with Crippen molar-refractivity contribution in [3.63, 3.8) is 0 Å². The third-order valence-electron chi connectivity index (χ3n) is 17.6. The van der Waals surface area contributed by atoms with Gasteiger partial charge in [-0.05, 0) is 102 Å². The van der Waals surface area contributed by atoms with Crippen molar-refractivity contribution >= 4 is 47.3 Å². The summed E-state index contributed by atoms with van der Waals surface area (Å²) in [6, 6.07) is 32.9. The van der Waals surface area contributed by atoms with Crippen molar-refractivity contribution in [1.29, 1.82) is 0 Å². The number of hydrogen-bond acceptors (Lipinski definition) is 10. The fraction of sp³-hybridized carbons (Fsp3) is 0.515. The molecule has 4 heterocycles. The first-order chi connectivity index (χ1) is 40.8. The van der Waals surface area contributed by atoms with Gasteiger partial charge < -0.3 is 51.5 Å². The highest BCUT2D eigenvalue weighted by molar-refractivity contribution is 5.96. The number of carbonyl (C=O) groups is 8. The van der Waals surface area contributed by atoms with E-state index in [-0.39, 0.29) is 72.4 Å². The van der Waals surface area contributed by atoms with Gasteiger partial charge >= 0.3 is 0 Å².